The number of carbonyl (C=O) groups is 2. The van der Waals surface area contributed by atoms with Crippen LogP contribution < -0.4 is 0 Å². The lowest BCUT2D eigenvalue weighted by molar-refractivity contribution is -0.0759. The number of hydrogen-bond acceptors (Lipinski definition) is 4. The summed E-state index contributed by atoms with van der Waals surface area (Å²) in [5, 5.41) is 1.96. The molecule has 6 rings (SSSR count). The summed E-state index contributed by atoms with van der Waals surface area (Å²) < 4.78 is 13.2. The third-order valence-corrected chi connectivity index (χ3v) is 6.85. The molecule has 0 spiro atoms. The van der Waals surface area contributed by atoms with Gasteiger partial charge in [-0.25, -0.2) is 0 Å². The lowest BCUT2D eigenvalue weighted by Crippen LogP contribution is -2.50. The largest absolute Gasteiger partial charge is 0.336 e. The first-order valence-corrected chi connectivity index (χ1v) is 12.2. The number of benzene rings is 5. The molecule has 1 heterocycles. The zero-order valence-corrected chi connectivity index (χ0v) is 20.0. The van der Waals surface area contributed by atoms with Crippen LogP contribution in [0.25, 0.3) is 10.8 Å². The van der Waals surface area contributed by atoms with Gasteiger partial charge in [0.15, 0.2) is 6.29 Å². The number of fused-ring (bicyclic) bond motifs is 1. The van der Waals surface area contributed by atoms with Crippen molar-refractivity contribution in [1.82, 2.24) is 0 Å². The zero-order valence-electron chi connectivity index (χ0n) is 20.0. The summed E-state index contributed by atoms with van der Waals surface area (Å²) in [6.45, 7) is 0. The molecule has 5 aromatic carbocycles. The Kier molecular flexibility index (Phi) is 5.97. The quantitative estimate of drug-likeness (QED) is 0.190. The van der Waals surface area contributed by atoms with Crippen LogP contribution >= 0.6 is 0 Å². The van der Waals surface area contributed by atoms with Gasteiger partial charge in [-0.2, -0.15) is 0 Å². The normalized spacial score (nSPS) is 18.5. The first-order valence-electron chi connectivity index (χ1n) is 12.2. The minimum Gasteiger partial charge on any atom is -0.336 e. The lowest BCUT2D eigenvalue weighted by Gasteiger charge is -2.30. The van der Waals surface area contributed by atoms with Gasteiger partial charge in [0.25, 0.3) is 0 Å². The van der Waals surface area contributed by atoms with Crippen LogP contribution in [-0.4, -0.2) is 17.2 Å². The van der Waals surface area contributed by atoms with Crippen LogP contribution in [0.4, 0.5) is 0 Å². The van der Waals surface area contributed by atoms with Gasteiger partial charge in [-0.05, 0) is 16.3 Å². The number of hydrogen-bond donors (Lipinski definition) is 0. The smallest absolute Gasteiger partial charge is 0.226 e. The van der Waals surface area contributed by atoms with E-state index < -0.39 is 29.6 Å². The molecule has 0 N–H and O–H groups in total. The number of Topliss-reactive ketones (excluding diaryl/α,β-unsaturated/α-hetero) is 2. The Hall–Kier alpha value is -4.38. The van der Waals surface area contributed by atoms with Crippen LogP contribution in [-0.2, 0) is 9.47 Å². The van der Waals surface area contributed by atoms with Crippen molar-refractivity contribution in [2.45, 2.75) is 18.0 Å². The van der Waals surface area contributed by atoms with Gasteiger partial charge in [0.05, 0.1) is 0 Å². The molecule has 5 aromatic rings. The highest BCUT2D eigenvalue weighted by Crippen LogP contribution is 2.50. The Labute approximate surface area is 215 Å². The maximum absolute atomic E-state index is 14.4. The van der Waals surface area contributed by atoms with Crippen LogP contribution in [0.3, 0.4) is 0 Å². The summed E-state index contributed by atoms with van der Waals surface area (Å²) >= 11 is 0. The summed E-state index contributed by atoms with van der Waals surface area (Å²) in [6, 6.07) is 40.8. The van der Waals surface area contributed by atoms with Crippen molar-refractivity contribution in [2.75, 3.05) is 0 Å². The molecular weight excluding hydrogens is 460 g/mol. The Bertz CT molecular complexity index is 1510. The second kappa shape index (κ2) is 9.58. The van der Waals surface area contributed by atoms with Crippen molar-refractivity contribution in [3.05, 3.63) is 156 Å². The fraction of sp³-hybridized carbons (Fsp3) is 0.0909. The molecule has 180 valence electrons. The van der Waals surface area contributed by atoms with E-state index >= 15 is 0 Å². The van der Waals surface area contributed by atoms with E-state index in [0.717, 1.165) is 16.3 Å². The number of ether oxygens (including phenoxy) is 2. The Morgan fingerprint density at radius 2 is 1.08 bits per heavy atom. The summed E-state index contributed by atoms with van der Waals surface area (Å²) in [5.74, 6) is -0.864. The molecule has 37 heavy (non-hydrogen) atoms. The van der Waals surface area contributed by atoms with Crippen molar-refractivity contribution in [3.63, 3.8) is 0 Å². The minimum absolute atomic E-state index is 0.384. The number of ketones is 2. The first kappa shape index (κ1) is 23.0. The number of carbonyl (C=O) groups excluding carboxylic acids is 2. The van der Waals surface area contributed by atoms with E-state index in [0.29, 0.717) is 16.7 Å². The predicted molar refractivity (Wildman–Crippen MR) is 142 cm³/mol. The summed E-state index contributed by atoms with van der Waals surface area (Å²) in [6.07, 6.45) is -1.89. The maximum Gasteiger partial charge on any atom is 0.226 e. The molecule has 1 fully saturated rings. The van der Waals surface area contributed by atoms with Crippen LogP contribution in [0.2, 0.25) is 0 Å². The van der Waals surface area contributed by atoms with Gasteiger partial charge in [-0.1, -0.05) is 133 Å². The molecule has 1 aliphatic heterocycles. The van der Waals surface area contributed by atoms with E-state index in [1.807, 2.05) is 84.9 Å². The van der Waals surface area contributed by atoms with Crippen LogP contribution in [0.1, 0.15) is 44.2 Å². The van der Waals surface area contributed by atoms with Crippen LogP contribution in [0, 0.1) is 0 Å². The highest BCUT2D eigenvalue weighted by Gasteiger charge is 2.61. The predicted octanol–water partition coefficient (Wildman–Crippen LogP) is 7.13. The Morgan fingerprint density at radius 3 is 1.70 bits per heavy atom. The number of rotatable bonds is 6. The molecule has 0 saturated carbocycles. The van der Waals surface area contributed by atoms with Crippen molar-refractivity contribution in [3.8, 4) is 0 Å². The molecule has 0 aliphatic carbocycles. The van der Waals surface area contributed by atoms with Gasteiger partial charge in [0.1, 0.15) is 6.10 Å². The minimum atomic E-state index is -1.92. The highest BCUT2D eigenvalue weighted by atomic mass is 16.7. The fourth-order valence-electron chi connectivity index (χ4n) is 5.07. The Morgan fingerprint density at radius 1 is 0.568 bits per heavy atom. The van der Waals surface area contributed by atoms with Crippen molar-refractivity contribution >= 4 is 22.3 Å². The van der Waals surface area contributed by atoms with Crippen molar-refractivity contribution < 1.29 is 19.1 Å². The van der Waals surface area contributed by atoms with E-state index in [4.69, 9.17) is 9.47 Å². The second-order valence-electron chi connectivity index (χ2n) is 9.07. The SMILES string of the molecule is O=C(c1ccccc1)C1(C(=O)c2ccccc2)O[C@@H](c2cccc3ccccc23)O[C@H]1c1ccccc1. The van der Waals surface area contributed by atoms with Crippen LogP contribution in [0.5, 0.6) is 0 Å². The molecule has 4 nitrogen and oxygen atoms in total. The zero-order chi connectivity index (χ0) is 25.2. The van der Waals surface area contributed by atoms with E-state index in [1.165, 1.54) is 0 Å². The topological polar surface area (TPSA) is 52.6 Å². The third-order valence-electron chi connectivity index (χ3n) is 6.85. The summed E-state index contributed by atoms with van der Waals surface area (Å²) in [5.41, 5.74) is 0.303. The molecule has 1 aliphatic rings. The standard InChI is InChI=1S/C33H24O4/c34-29(24-14-4-1-5-15-24)33(30(35)25-16-6-2-7-17-25)31(26-18-8-3-9-19-26)36-32(37-33)28-22-12-20-23-13-10-11-21-27(23)28/h1-22,31-32H/t31-,32-/m0/s1. The summed E-state index contributed by atoms with van der Waals surface area (Å²) in [4.78, 5) is 28.8. The van der Waals surface area contributed by atoms with Gasteiger partial charge in [0, 0.05) is 16.7 Å². The molecule has 0 unspecified atom stereocenters. The molecule has 0 bridgehead atoms. The van der Waals surface area contributed by atoms with Gasteiger partial charge in [-0.15, -0.1) is 0 Å². The average Bonchev–Trinajstić information content (AvgIpc) is 3.39. The first-order chi connectivity index (χ1) is 18.2. The van der Waals surface area contributed by atoms with Gasteiger partial charge in [-0.3, -0.25) is 9.59 Å². The van der Waals surface area contributed by atoms with E-state index in [-0.39, 0.29) is 0 Å². The van der Waals surface area contributed by atoms with Gasteiger partial charge in [0.2, 0.25) is 17.2 Å². The monoisotopic (exact) mass is 484 g/mol. The lowest BCUT2D eigenvalue weighted by atomic mass is 9.78. The highest BCUT2D eigenvalue weighted by molar-refractivity contribution is 6.23. The molecule has 1 saturated heterocycles. The Balaban J connectivity index is 1.58. The fourth-order valence-corrected chi connectivity index (χ4v) is 5.07. The molecule has 0 amide bonds. The van der Waals surface area contributed by atoms with Crippen molar-refractivity contribution in [2.24, 2.45) is 0 Å². The third kappa shape index (κ3) is 3.97. The average molecular weight is 485 g/mol. The van der Waals surface area contributed by atoms with Gasteiger partial charge >= 0.3 is 0 Å². The van der Waals surface area contributed by atoms with Crippen LogP contribution in [0.15, 0.2) is 133 Å². The molecule has 4 heteroatoms. The van der Waals surface area contributed by atoms with E-state index in [1.54, 1.807) is 48.5 Å². The second-order valence-corrected chi connectivity index (χ2v) is 9.07. The van der Waals surface area contributed by atoms with E-state index in [2.05, 4.69) is 0 Å². The summed E-state index contributed by atoms with van der Waals surface area (Å²) in [7, 11) is 0. The maximum atomic E-state index is 14.4. The van der Waals surface area contributed by atoms with Crippen molar-refractivity contribution in [1.29, 1.82) is 0 Å². The molecule has 0 aromatic heterocycles. The van der Waals surface area contributed by atoms with Gasteiger partial charge < -0.3 is 9.47 Å². The van der Waals surface area contributed by atoms with E-state index in [9.17, 15) is 9.59 Å². The molecular formula is C33H24O4. The molecule has 2 atom stereocenters. The molecule has 0 radical (unpaired) electrons.